The number of aryl methyl sites for hydroxylation is 1. The Kier molecular flexibility index (Phi) is 9.30. The first kappa shape index (κ1) is 32.2. The average molecular weight is 628 g/mol. The number of carbonyl (C=O) groups is 1. The van der Waals surface area contributed by atoms with Crippen LogP contribution < -0.4 is 15.5 Å². The number of piperazine rings is 1. The van der Waals surface area contributed by atoms with Gasteiger partial charge in [-0.25, -0.2) is 14.3 Å². The molecule has 0 spiro atoms. The lowest BCUT2D eigenvalue weighted by Crippen LogP contribution is -2.58. The Balaban J connectivity index is 1.87. The molecular weight excluding hydrogens is 586 g/mol. The third-order valence-electron chi connectivity index (χ3n) is 8.72. The maximum Gasteiger partial charge on any atom is 0.355 e. The van der Waals surface area contributed by atoms with Crippen LogP contribution in [0.3, 0.4) is 0 Å². The number of nitrogens with zero attached hydrogens (tertiary/aromatic N) is 7. The van der Waals surface area contributed by atoms with E-state index in [2.05, 4.69) is 44.1 Å². The van der Waals surface area contributed by atoms with Gasteiger partial charge in [-0.3, -0.25) is 9.78 Å². The van der Waals surface area contributed by atoms with Crippen molar-refractivity contribution in [2.75, 3.05) is 36.0 Å². The maximum absolute atomic E-state index is 14.5. The van der Waals surface area contributed by atoms with Gasteiger partial charge >= 0.3 is 5.69 Å². The molecule has 4 aromatic rings. The first-order valence-electron chi connectivity index (χ1n) is 15.6. The van der Waals surface area contributed by atoms with Gasteiger partial charge in [-0.1, -0.05) is 56.3 Å². The number of halogens is 1. The average Bonchev–Trinajstić information content (AvgIpc) is 3.02. The number of fused-ring (bicyclic) bond motifs is 1. The van der Waals surface area contributed by atoms with Gasteiger partial charge in [-0.2, -0.15) is 4.98 Å². The minimum Gasteiger partial charge on any atom is -0.370 e. The zero-order valence-electron chi connectivity index (χ0n) is 27.2. The Labute approximate surface area is 270 Å². The predicted octanol–water partition coefficient (Wildman–Crippen LogP) is 6.39. The Morgan fingerprint density at radius 2 is 1.82 bits per heavy atom. The summed E-state index contributed by atoms with van der Waals surface area (Å²) in [5.41, 5.74) is 4.87. The number of hydrogen-bond acceptors (Lipinski definition) is 7. The summed E-state index contributed by atoms with van der Waals surface area (Å²) in [7, 11) is 0. The van der Waals surface area contributed by atoms with E-state index >= 15 is 0 Å². The highest BCUT2D eigenvalue weighted by atomic mass is 35.5. The molecule has 10 heteroatoms. The molecule has 0 bridgehead atoms. The third kappa shape index (κ3) is 5.81. The van der Waals surface area contributed by atoms with E-state index in [1.807, 2.05) is 57.2 Å². The molecule has 45 heavy (non-hydrogen) atoms. The van der Waals surface area contributed by atoms with Crippen LogP contribution in [0.4, 0.5) is 11.5 Å². The van der Waals surface area contributed by atoms with Crippen molar-refractivity contribution in [1.29, 1.82) is 0 Å². The fourth-order valence-corrected chi connectivity index (χ4v) is 6.58. The number of amides is 1. The fourth-order valence-electron chi connectivity index (χ4n) is 6.33. The van der Waals surface area contributed by atoms with Crippen LogP contribution in [0.1, 0.15) is 58.7 Å². The zero-order valence-corrected chi connectivity index (χ0v) is 28.0. The molecule has 1 amide bonds. The Bertz CT molecular complexity index is 1810. The van der Waals surface area contributed by atoms with Crippen LogP contribution in [0.2, 0.25) is 5.02 Å². The highest BCUT2D eigenvalue weighted by molar-refractivity contribution is 6.34. The lowest BCUT2D eigenvalue weighted by Gasteiger charge is -2.44. The molecule has 2 atom stereocenters. The summed E-state index contributed by atoms with van der Waals surface area (Å²) in [5.74, 6) is 0.412. The summed E-state index contributed by atoms with van der Waals surface area (Å²) in [6.45, 7) is 20.5. The monoisotopic (exact) mass is 627 g/mol. The second-order valence-electron chi connectivity index (χ2n) is 12.0. The minimum atomic E-state index is -0.448. The molecule has 1 fully saturated rings. The normalized spacial score (nSPS) is 16.8. The van der Waals surface area contributed by atoms with E-state index in [1.54, 1.807) is 15.7 Å². The van der Waals surface area contributed by atoms with Crippen molar-refractivity contribution in [2.24, 2.45) is 0 Å². The summed E-state index contributed by atoms with van der Waals surface area (Å²) >= 11 is 7.03. The minimum absolute atomic E-state index is 0.0247. The van der Waals surface area contributed by atoms with Crippen molar-refractivity contribution in [3.8, 4) is 16.9 Å². The quantitative estimate of drug-likeness (QED) is 0.209. The van der Waals surface area contributed by atoms with Crippen LogP contribution in [-0.2, 0) is 4.79 Å². The van der Waals surface area contributed by atoms with E-state index in [1.165, 1.54) is 6.08 Å². The van der Waals surface area contributed by atoms with Crippen molar-refractivity contribution in [3.05, 3.63) is 82.0 Å². The van der Waals surface area contributed by atoms with Crippen LogP contribution in [-0.4, -0.2) is 68.6 Å². The molecule has 0 unspecified atom stereocenters. The number of carbonyl (C=O) groups excluding carboxylic acids is 1. The molecular formula is C35H42ClN7O2. The van der Waals surface area contributed by atoms with Gasteiger partial charge in [0, 0.05) is 50.0 Å². The molecule has 0 N–H and O–H groups in total. The molecule has 0 radical (unpaired) electrons. The lowest BCUT2D eigenvalue weighted by molar-refractivity contribution is -0.128. The lowest BCUT2D eigenvalue weighted by atomic mass is 10.0. The molecule has 1 saturated heterocycles. The van der Waals surface area contributed by atoms with Crippen LogP contribution >= 0.6 is 11.6 Å². The summed E-state index contributed by atoms with van der Waals surface area (Å²) < 4.78 is 1.62. The van der Waals surface area contributed by atoms with Crippen LogP contribution in [0.5, 0.6) is 0 Å². The van der Waals surface area contributed by atoms with Crippen molar-refractivity contribution in [2.45, 2.75) is 66.5 Å². The van der Waals surface area contributed by atoms with Gasteiger partial charge in [-0.05, 0) is 64.3 Å². The van der Waals surface area contributed by atoms with Gasteiger partial charge in [0.1, 0.15) is 5.82 Å². The van der Waals surface area contributed by atoms with Gasteiger partial charge < -0.3 is 14.7 Å². The molecule has 0 aliphatic carbocycles. The first-order valence-corrected chi connectivity index (χ1v) is 16.0. The fraction of sp³-hybridized carbons (Fsp3) is 0.400. The smallest absolute Gasteiger partial charge is 0.355 e. The highest BCUT2D eigenvalue weighted by Crippen LogP contribution is 2.38. The van der Waals surface area contributed by atoms with Crippen LogP contribution in [0.25, 0.3) is 28.0 Å². The molecule has 1 aromatic carbocycles. The number of aromatic nitrogens is 4. The van der Waals surface area contributed by atoms with E-state index in [9.17, 15) is 9.59 Å². The van der Waals surface area contributed by atoms with Gasteiger partial charge in [0.15, 0.2) is 5.65 Å². The van der Waals surface area contributed by atoms with E-state index in [0.717, 1.165) is 35.6 Å². The summed E-state index contributed by atoms with van der Waals surface area (Å²) in [6, 6.07) is 11.5. The summed E-state index contributed by atoms with van der Waals surface area (Å²) in [5, 5.41) is 1.12. The molecule has 0 saturated carbocycles. The van der Waals surface area contributed by atoms with Crippen LogP contribution in [0, 0.1) is 6.92 Å². The van der Waals surface area contributed by atoms with Crippen molar-refractivity contribution >= 4 is 40.0 Å². The van der Waals surface area contributed by atoms with Crippen LogP contribution in [0.15, 0.2) is 60.0 Å². The van der Waals surface area contributed by atoms with E-state index < -0.39 is 5.69 Å². The van der Waals surface area contributed by atoms with Gasteiger partial charge in [-0.15, -0.1) is 0 Å². The van der Waals surface area contributed by atoms with Gasteiger partial charge in [0.25, 0.3) is 0 Å². The third-order valence-corrected chi connectivity index (χ3v) is 9.01. The Morgan fingerprint density at radius 1 is 1.11 bits per heavy atom. The summed E-state index contributed by atoms with van der Waals surface area (Å²) in [4.78, 5) is 47.9. The summed E-state index contributed by atoms with van der Waals surface area (Å²) in [6.07, 6.45) is 3.15. The molecule has 9 nitrogen and oxygen atoms in total. The number of benzene rings is 1. The second-order valence-corrected chi connectivity index (χ2v) is 12.4. The van der Waals surface area contributed by atoms with E-state index in [-0.39, 0.29) is 23.9 Å². The predicted molar refractivity (Wildman–Crippen MR) is 184 cm³/mol. The van der Waals surface area contributed by atoms with Gasteiger partial charge in [0.2, 0.25) is 5.91 Å². The standard InChI is InChI=1S/C35H42ClN7O2/c1-9-29(44)41-19-24(8)42(20-23(41)7)33-26-18-27(36)31(25-15-13-12-14-22(25)6)38-34(26)43(35(45)39-33)32-28(40(10-2)11-3)16-17-37-30(32)21(4)5/h9,12-18,21,23-24H,1,10-11,19-20H2,2-8H3/t23-,24+/m1/s1. The molecule has 1 aliphatic heterocycles. The first-order chi connectivity index (χ1) is 21.5. The number of rotatable bonds is 8. The van der Waals surface area contributed by atoms with Crippen molar-refractivity contribution in [3.63, 3.8) is 0 Å². The SMILES string of the molecule is C=CC(=O)N1C[C@H](C)N(c2nc(=O)n(-c3c(N(CC)CC)ccnc3C(C)C)c3nc(-c4ccccc4C)c(Cl)cc23)C[C@H]1C. The Morgan fingerprint density at radius 3 is 2.47 bits per heavy atom. The van der Waals surface area contributed by atoms with E-state index in [4.69, 9.17) is 26.6 Å². The number of pyridine rings is 2. The highest BCUT2D eigenvalue weighted by Gasteiger charge is 2.34. The van der Waals surface area contributed by atoms with Crippen molar-refractivity contribution < 1.29 is 4.79 Å². The van der Waals surface area contributed by atoms with Crippen molar-refractivity contribution in [1.82, 2.24) is 24.4 Å². The molecule has 4 heterocycles. The number of anilines is 2. The van der Waals surface area contributed by atoms with E-state index in [0.29, 0.717) is 46.3 Å². The molecule has 236 valence electrons. The zero-order chi connectivity index (χ0) is 32.6. The van der Waals surface area contributed by atoms with Gasteiger partial charge in [0.05, 0.1) is 33.2 Å². The topological polar surface area (TPSA) is 87.5 Å². The maximum atomic E-state index is 14.5. The second kappa shape index (κ2) is 13.0. The number of hydrogen-bond donors (Lipinski definition) is 0. The molecule has 1 aliphatic rings. The molecule has 5 rings (SSSR count). The molecule has 3 aromatic heterocycles. The Hall–Kier alpha value is -4.24. The largest absolute Gasteiger partial charge is 0.370 e.